The lowest BCUT2D eigenvalue weighted by Crippen LogP contribution is -2.24. The summed E-state index contributed by atoms with van der Waals surface area (Å²) < 4.78 is 5.38. The van der Waals surface area contributed by atoms with E-state index in [2.05, 4.69) is 18.7 Å². The number of Topliss-reactive ketones (excluding diaryl/α,β-unsaturated/α-hetero) is 1. The van der Waals surface area contributed by atoms with E-state index in [4.69, 9.17) is 4.74 Å². The molecule has 13 heavy (non-hydrogen) atoms. The minimum atomic E-state index is -0.206. The minimum absolute atomic E-state index is 0.206. The van der Waals surface area contributed by atoms with Crippen LogP contribution in [0.25, 0.3) is 0 Å². The molecule has 0 aliphatic heterocycles. The van der Waals surface area contributed by atoms with E-state index in [1.807, 2.05) is 0 Å². The summed E-state index contributed by atoms with van der Waals surface area (Å²) in [6.45, 7) is 4.03. The Morgan fingerprint density at radius 3 is 3.08 bits per heavy atom. The molecular weight excluding hydrogens is 164 g/mol. The molecule has 1 aliphatic rings. The van der Waals surface area contributed by atoms with Gasteiger partial charge in [0.15, 0.2) is 5.78 Å². The lowest BCUT2D eigenvalue weighted by Gasteiger charge is -2.16. The highest BCUT2D eigenvalue weighted by Gasteiger charge is 2.17. The van der Waals surface area contributed by atoms with E-state index in [1.165, 1.54) is 0 Å². The Bertz CT molecular complexity index is 206. The number of carbonyl (C=O) groups is 1. The lowest BCUT2D eigenvalue weighted by atomic mass is 10.0. The van der Waals surface area contributed by atoms with Crippen molar-refractivity contribution in [2.24, 2.45) is 0 Å². The maximum Gasteiger partial charge on any atom is 0.161 e. The Labute approximate surface area is 79.3 Å². The van der Waals surface area contributed by atoms with E-state index in [0.29, 0.717) is 13.0 Å². The number of hydrogen-bond donors (Lipinski definition) is 0. The molecule has 2 nitrogen and oxygen atoms in total. The van der Waals surface area contributed by atoms with Crippen LogP contribution >= 0.6 is 0 Å². The standard InChI is InChI=1S/C11H16O2/c1-2-9-13-11-8-6-4-3-5-7-10(11)12/h2-4,11H,1,5-9H2/t11-/m1/s1. The quantitative estimate of drug-likeness (QED) is 0.623. The zero-order valence-corrected chi connectivity index (χ0v) is 7.87. The maximum absolute atomic E-state index is 11.5. The van der Waals surface area contributed by atoms with Gasteiger partial charge in [0.1, 0.15) is 6.10 Å². The third-order valence-electron chi connectivity index (χ3n) is 2.09. The van der Waals surface area contributed by atoms with E-state index in [1.54, 1.807) is 6.08 Å². The van der Waals surface area contributed by atoms with Gasteiger partial charge in [0.05, 0.1) is 6.61 Å². The summed E-state index contributed by atoms with van der Waals surface area (Å²) in [5, 5.41) is 0. The number of hydrogen-bond acceptors (Lipinski definition) is 2. The van der Waals surface area contributed by atoms with E-state index in [9.17, 15) is 4.79 Å². The molecule has 2 heteroatoms. The fraction of sp³-hybridized carbons (Fsp3) is 0.545. The molecule has 0 amide bonds. The molecule has 1 rings (SSSR count). The first-order valence-electron chi connectivity index (χ1n) is 4.75. The third-order valence-corrected chi connectivity index (χ3v) is 2.09. The molecule has 72 valence electrons. The highest BCUT2D eigenvalue weighted by molar-refractivity contribution is 5.83. The minimum Gasteiger partial charge on any atom is -0.366 e. The Kier molecular flexibility index (Phi) is 4.47. The van der Waals surface area contributed by atoms with Crippen LogP contribution in [-0.2, 0) is 9.53 Å². The summed E-state index contributed by atoms with van der Waals surface area (Å²) >= 11 is 0. The van der Waals surface area contributed by atoms with Gasteiger partial charge in [-0.15, -0.1) is 6.58 Å². The van der Waals surface area contributed by atoms with E-state index in [-0.39, 0.29) is 11.9 Å². The molecule has 1 aliphatic carbocycles. The number of carbonyl (C=O) groups excluding carboxylic acids is 1. The largest absolute Gasteiger partial charge is 0.366 e. The van der Waals surface area contributed by atoms with Crippen LogP contribution in [0.5, 0.6) is 0 Å². The third kappa shape index (κ3) is 3.55. The Morgan fingerprint density at radius 1 is 1.54 bits per heavy atom. The van der Waals surface area contributed by atoms with Crippen molar-refractivity contribution in [3.8, 4) is 0 Å². The van der Waals surface area contributed by atoms with E-state index in [0.717, 1.165) is 19.3 Å². The summed E-state index contributed by atoms with van der Waals surface area (Å²) in [5.41, 5.74) is 0. The molecule has 0 bridgehead atoms. The van der Waals surface area contributed by atoms with Gasteiger partial charge in [-0.25, -0.2) is 0 Å². The monoisotopic (exact) mass is 180 g/mol. The number of allylic oxidation sites excluding steroid dienone is 2. The molecule has 0 N–H and O–H groups in total. The average Bonchev–Trinajstić information content (AvgIpc) is 2.11. The van der Waals surface area contributed by atoms with E-state index >= 15 is 0 Å². The summed E-state index contributed by atoms with van der Waals surface area (Å²) in [4.78, 5) is 11.5. The van der Waals surface area contributed by atoms with Gasteiger partial charge in [-0.2, -0.15) is 0 Å². The predicted octanol–water partition coefficient (Wildman–Crippen LogP) is 2.26. The van der Waals surface area contributed by atoms with Gasteiger partial charge in [0, 0.05) is 6.42 Å². The Hall–Kier alpha value is -0.890. The summed E-state index contributed by atoms with van der Waals surface area (Å²) in [6.07, 6.45) is 8.88. The van der Waals surface area contributed by atoms with Crippen molar-refractivity contribution >= 4 is 5.78 Å². The molecule has 0 unspecified atom stereocenters. The van der Waals surface area contributed by atoms with Crippen molar-refractivity contribution in [3.05, 3.63) is 24.8 Å². The zero-order chi connectivity index (χ0) is 9.52. The van der Waals surface area contributed by atoms with Crippen LogP contribution in [0.3, 0.4) is 0 Å². The van der Waals surface area contributed by atoms with Crippen LogP contribution in [0.2, 0.25) is 0 Å². The van der Waals surface area contributed by atoms with Gasteiger partial charge < -0.3 is 4.74 Å². The zero-order valence-electron chi connectivity index (χ0n) is 7.87. The highest BCUT2D eigenvalue weighted by atomic mass is 16.5. The van der Waals surface area contributed by atoms with E-state index < -0.39 is 0 Å². The van der Waals surface area contributed by atoms with Crippen LogP contribution in [0, 0.1) is 0 Å². The molecule has 0 spiro atoms. The molecule has 0 heterocycles. The van der Waals surface area contributed by atoms with Gasteiger partial charge in [0.25, 0.3) is 0 Å². The van der Waals surface area contributed by atoms with Gasteiger partial charge >= 0.3 is 0 Å². The lowest BCUT2D eigenvalue weighted by molar-refractivity contribution is -0.130. The fourth-order valence-electron chi connectivity index (χ4n) is 1.39. The van der Waals surface area contributed by atoms with Crippen molar-refractivity contribution < 1.29 is 9.53 Å². The van der Waals surface area contributed by atoms with Gasteiger partial charge in [-0.1, -0.05) is 18.2 Å². The van der Waals surface area contributed by atoms with Gasteiger partial charge in [-0.3, -0.25) is 4.79 Å². The normalized spacial score (nSPS) is 23.7. The molecule has 0 aromatic heterocycles. The van der Waals surface area contributed by atoms with Crippen molar-refractivity contribution in [2.45, 2.75) is 31.8 Å². The van der Waals surface area contributed by atoms with Crippen molar-refractivity contribution in [2.75, 3.05) is 6.61 Å². The second-order valence-electron chi connectivity index (χ2n) is 3.16. The first-order chi connectivity index (χ1) is 6.34. The number of ketones is 1. The highest BCUT2D eigenvalue weighted by Crippen LogP contribution is 2.12. The summed E-state index contributed by atoms with van der Waals surface area (Å²) in [6, 6.07) is 0. The molecule has 0 radical (unpaired) electrons. The Balaban J connectivity index is 2.43. The SMILES string of the molecule is C=CCO[C@@H]1CCC=CCCC1=O. The van der Waals surface area contributed by atoms with Crippen molar-refractivity contribution in [1.29, 1.82) is 0 Å². The fourth-order valence-corrected chi connectivity index (χ4v) is 1.39. The molecule has 0 aromatic carbocycles. The maximum atomic E-state index is 11.5. The molecular formula is C11H16O2. The molecule has 1 atom stereocenters. The molecule has 0 saturated heterocycles. The summed E-state index contributed by atoms with van der Waals surface area (Å²) in [5.74, 6) is 0.228. The number of ether oxygens (including phenoxy) is 1. The smallest absolute Gasteiger partial charge is 0.161 e. The predicted molar refractivity (Wildman–Crippen MR) is 52.6 cm³/mol. The second-order valence-corrected chi connectivity index (χ2v) is 3.16. The molecule has 0 saturated carbocycles. The second kappa shape index (κ2) is 5.70. The topological polar surface area (TPSA) is 26.3 Å². The van der Waals surface area contributed by atoms with Crippen LogP contribution in [0.4, 0.5) is 0 Å². The van der Waals surface area contributed by atoms with Crippen LogP contribution in [-0.4, -0.2) is 18.5 Å². The van der Waals surface area contributed by atoms with Crippen molar-refractivity contribution in [3.63, 3.8) is 0 Å². The molecule has 0 fully saturated rings. The number of rotatable bonds is 3. The Morgan fingerprint density at radius 2 is 2.31 bits per heavy atom. The average molecular weight is 180 g/mol. The van der Waals surface area contributed by atoms with Crippen molar-refractivity contribution in [1.82, 2.24) is 0 Å². The summed E-state index contributed by atoms with van der Waals surface area (Å²) in [7, 11) is 0. The van der Waals surface area contributed by atoms with Gasteiger partial charge in [0.2, 0.25) is 0 Å². The van der Waals surface area contributed by atoms with Crippen LogP contribution in [0.15, 0.2) is 24.8 Å². The van der Waals surface area contributed by atoms with Gasteiger partial charge in [-0.05, 0) is 19.3 Å². The molecule has 0 aromatic rings. The van der Waals surface area contributed by atoms with Crippen LogP contribution in [0.1, 0.15) is 25.7 Å². The first kappa shape index (κ1) is 10.2. The first-order valence-corrected chi connectivity index (χ1v) is 4.75. The van der Waals surface area contributed by atoms with Crippen LogP contribution < -0.4 is 0 Å².